The second-order valence-corrected chi connectivity index (χ2v) is 11.8. The van der Waals surface area contributed by atoms with E-state index in [-0.39, 0.29) is 17.3 Å². The van der Waals surface area contributed by atoms with Crippen molar-refractivity contribution < 1.29 is 13.2 Å². The number of hydrogen-bond donors (Lipinski definition) is 0. The zero-order chi connectivity index (χ0) is 26.4. The van der Waals surface area contributed by atoms with E-state index >= 15 is 0 Å². The van der Waals surface area contributed by atoms with Gasteiger partial charge in [-0.15, -0.1) is 0 Å². The highest BCUT2D eigenvalue weighted by molar-refractivity contribution is 7.92. The predicted molar refractivity (Wildman–Crippen MR) is 148 cm³/mol. The van der Waals surface area contributed by atoms with E-state index in [1.807, 2.05) is 91.7 Å². The number of carbonyl (C=O) groups is 1. The SMILES string of the molecule is Cc1ccc(S(=O)(=O)N2c3ccc(C)cc3CN(C(=O)c3ccccc3)N3CCc4ccccc4C32)cc1. The van der Waals surface area contributed by atoms with Gasteiger partial charge in [-0.2, -0.15) is 5.01 Å². The number of fused-ring (bicyclic) bond motifs is 4. The molecule has 0 radical (unpaired) electrons. The van der Waals surface area contributed by atoms with E-state index in [4.69, 9.17) is 0 Å². The van der Waals surface area contributed by atoms with Crippen LogP contribution in [0.2, 0.25) is 0 Å². The summed E-state index contributed by atoms with van der Waals surface area (Å²) >= 11 is 0. The van der Waals surface area contributed by atoms with Gasteiger partial charge in [0.2, 0.25) is 0 Å². The van der Waals surface area contributed by atoms with Crippen LogP contribution >= 0.6 is 0 Å². The Morgan fingerprint density at radius 2 is 1.47 bits per heavy atom. The van der Waals surface area contributed by atoms with Crippen LogP contribution < -0.4 is 4.31 Å². The van der Waals surface area contributed by atoms with Crippen LogP contribution in [0.3, 0.4) is 0 Å². The number of amides is 1. The topological polar surface area (TPSA) is 60.9 Å². The zero-order valence-electron chi connectivity index (χ0n) is 21.4. The molecule has 0 bridgehead atoms. The summed E-state index contributed by atoms with van der Waals surface area (Å²) in [6, 6.07) is 29.9. The normalized spacial score (nSPS) is 17.3. The minimum Gasteiger partial charge on any atom is -0.268 e. The van der Waals surface area contributed by atoms with Crippen LogP contribution in [0.1, 0.15) is 44.3 Å². The van der Waals surface area contributed by atoms with Gasteiger partial charge in [0.05, 0.1) is 17.1 Å². The standard InChI is InChI=1S/C31H29N3O3S/c1-22-12-15-27(16-13-22)38(36,37)34-29-17-14-23(2)20-26(29)21-33(31(35)25-9-4-3-5-10-25)32-19-18-24-8-6-7-11-28(24)30(32)34/h3-17,20,30H,18-19,21H2,1-2H3. The molecule has 1 amide bonds. The second kappa shape index (κ2) is 9.42. The van der Waals surface area contributed by atoms with Crippen molar-refractivity contribution in [1.29, 1.82) is 0 Å². The van der Waals surface area contributed by atoms with Gasteiger partial charge in [-0.05, 0) is 67.3 Å². The molecule has 0 aromatic heterocycles. The monoisotopic (exact) mass is 523 g/mol. The molecule has 192 valence electrons. The van der Waals surface area contributed by atoms with Crippen molar-refractivity contribution >= 4 is 21.6 Å². The number of carbonyl (C=O) groups excluding carboxylic acids is 1. The third kappa shape index (κ3) is 4.08. The van der Waals surface area contributed by atoms with Crippen molar-refractivity contribution in [2.45, 2.75) is 37.9 Å². The fourth-order valence-electron chi connectivity index (χ4n) is 5.47. The van der Waals surface area contributed by atoms with Gasteiger partial charge < -0.3 is 0 Å². The number of rotatable bonds is 3. The molecule has 4 aromatic carbocycles. The van der Waals surface area contributed by atoms with Crippen LogP contribution in [-0.4, -0.2) is 30.9 Å². The minimum atomic E-state index is -4.00. The maximum Gasteiger partial charge on any atom is 0.268 e. The molecule has 2 heterocycles. The highest BCUT2D eigenvalue weighted by Gasteiger charge is 2.45. The summed E-state index contributed by atoms with van der Waals surface area (Å²) in [6.07, 6.45) is -0.0122. The minimum absolute atomic E-state index is 0.156. The smallest absolute Gasteiger partial charge is 0.268 e. The molecule has 4 aromatic rings. The maximum atomic E-state index is 14.5. The van der Waals surface area contributed by atoms with Crippen LogP contribution in [0, 0.1) is 13.8 Å². The van der Waals surface area contributed by atoms with Gasteiger partial charge in [-0.25, -0.2) is 12.7 Å². The van der Waals surface area contributed by atoms with Crippen molar-refractivity contribution in [1.82, 2.24) is 10.0 Å². The van der Waals surface area contributed by atoms with Crippen molar-refractivity contribution in [3.8, 4) is 0 Å². The Balaban J connectivity index is 1.61. The van der Waals surface area contributed by atoms with Gasteiger partial charge in [-0.1, -0.05) is 77.9 Å². The first-order valence-electron chi connectivity index (χ1n) is 12.8. The van der Waals surface area contributed by atoms with Crippen LogP contribution in [-0.2, 0) is 23.0 Å². The Hall–Kier alpha value is -3.94. The number of nitrogens with zero attached hydrogens (tertiary/aromatic N) is 3. The van der Waals surface area contributed by atoms with Crippen LogP contribution in [0.4, 0.5) is 5.69 Å². The van der Waals surface area contributed by atoms with E-state index < -0.39 is 16.2 Å². The van der Waals surface area contributed by atoms with Crippen molar-refractivity contribution in [3.63, 3.8) is 0 Å². The van der Waals surface area contributed by atoms with Crippen LogP contribution in [0.25, 0.3) is 0 Å². The molecule has 1 unspecified atom stereocenters. The number of benzene rings is 4. The molecule has 0 saturated carbocycles. The lowest BCUT2D eigenvalue weighted by atomic mass is 9.97. The average molecular weight is 524 g/mol. The summed E-state index contributed by atoms with van der Waals surface area (Å²) in [4.78, 5) is 14.2. The molecular formula is C31H29N3O3S. The molecule has 6 nitrogen and oxygen atoms in total. The number of sulfonamides is 1. The molecule has 2 aliphatic rings. The summed E-state index contributed by atoms with van der Waals surface area (Å²) in [7, 11) is -4.00. The first-order valence-corrected chi connectivity index (χ1v) is 14.2. The summed E-state index contributed by atoms with van der Waals surface area (Å²) in [5.74, 6) is -0.156. The van der Waals surface area contributed by atoms with Crippen molar-refractivity contribution in [2.24, 2.45) is 0 Å². The quantitative estimate of drug-likeness (QED) is 0.349. The fraction of sp³-hybridized carbons (Fsp3) is 0.194. The Morgan fingerprint density at radius 1 is 0.789 bits per heavy atom. The van der Waals surface area contributed by atoms with Gasteiger partial charge in [0, 0.05) is 12.1 Å². The van der Waals surface area contributed by atoms with Crippen LogP contribution in [0.15, 0.2) is 102 Å². The fourth-order valence-corrected chi connectivity index (χ4v) is 7.10. The molecule has 38 heavy (non-hydrogen) atoms. The highest BCUT2D eigenvalue weighted by Crippen LogP contribution is 2.44. The average Bonchev–Trinajstić information content (AvgIpc) is 3.08. The van der Waals surface area contributed by atoms with Gasteiger partial charge in [0.25, 0.3) is 15.9 Å². The van der Waals surface area contributed by atoms with Gasteiger partial charge in [-0.3, -0.25) is 9.80 Å². The maximum absolute atomic E-state index is 14.5. The Bertz CT molecular complexity index is 1620. The first kappa shape index (κ1) is 24.4. The molecule has 7 heteroatoms. The van der Waals surface area contributed by atoms with E-state index in [2.05, 4.69) is 0 Å². The molecule has 1 atom stereocenters. The summed E-state index contributed by atoms with van der Waals surface area (Å²) in [5.41, 5.74) is 5.90. The van der Waals surface area contributed by atoms with E-state index in [1.165, 1.54) is 4.31 Å². The van der Waals surface area contributed by atoms with Crippen LogP contribution in [0.5, 0.6) is 0 Å². The number of hydrazine groups is 1. The Kier molecular flexibility index (Phi) is 6.05. The molecule has 2 aliphatic heterocycles. The Morgan fingerprint density at radius 3 is 2.24 bits per heavy atom. The second-order valence-electron chi connectivity index (χ2n) is 9.96. The predicted octanol–water partition coefficient (Wildman–Crippen LogP) is 5.63. The lowest BCUT2D eigenvalue weighted by Crippen LogP contribution is -2.54. The van der Waals surface area contributed by atoms with Gasteiger partial charge in [0.1, 0.15) is 6.17 Å². The van der Waals surface area contributed by atoms with E-state index in [0.29, 0.717) is 24.2 Å². The number of aryl methyl sites for hydroxylation is 2. The van der Waals surface area contributed by atoms with Crippen molar-refractivity contribution in [3.05, 3.63) is 130 Å². The largest absolute Gasteiger partial charge is 0.268 e. The number of anilines is 1. The summed E-state index contributed by atoms with van der Waals surface area (Å²) in [5, 5.41) is 3.68. The van der Waals surface area contributed by atoms with Gasteiger partial charge >= 0.3 is 0 Å². The lowest BCUT2D eigenvalue weighted by Gasteiger charge is -2.45. The summed E-state index contributed by atoms with van der Waals surface area (Å²) in [6.45, 7) is 4.69. The highest BCUT2D eigenvalue weighted by atomic mass is 32.2. The van der Waals surface area contributed by atoms with Crippen molar-refractivity contribution in [2.75, 3.05) is 10.8 Å². The summed E-state index contributed by atoms with van der Waals surface area (Å²) < 4.78 is 30.5. The third-order valence-corrected chi connectivity index (χ3v) is 9.17. The van der Waals surface area contributed by atoms with Gasteiger partial charge in [0.15, 0.2) is 0 Å². The third-order valence-electron chi connectivity index (χ3n) is 7.38. The Labute approximate surface area is 223 Å². The molecule has 6 rings (SSSR count). The molecule has 0 saturated heterocycles. The van der Waals surface area contributed by atoms with E-state index in [1.54, 1.807) is 29.3 Å². The molecular weight excluding hydrogens is 494 g/mol. The molecule has 0 spiro atoms. The number of hydrogen-bond acceptors (Lipinski definition) is 4. The lowest BCUT2D eigenvalue weighted by molar-refractivity contribution is -0.0435. The van der Waals surface area contributed by atoms with E-state index in [9.17, 15) is 13.2 Å². The zero-order valence-corrected chi connectivity index (χ0v) is 22.2. The first-order chi connectivity index (χ1) is 18.3. The molecule has 0 N–H and O–H groups in total. The molecule has 0 aliphatic carbocycles. The molecule has 0 fully saturated rings. The van der Waals surface area contributed by atoms with E-state index in [0.717, 1.165) is 27.8 Å².